The molecule has 1 aliphatic rings. The van der Waals surface area contributed by atoms with Gasteiger partial charge in [-0.2, -0.15) is 0 Å². The molecule has 0 saturated carbocycles. The molecule has 0 bridgehead atoms. The molecule has 0 amide bonds. The van der Waals surface area contributed by atoms with Gasteiger partial charge in [0.05, 0.1) is 0 Å². The van der Waals surface area contributed by atoms with Crippen molar-refractivity contribution < 1.29 is 0 Å². The van der Waals surface area contributed by atoms with Crippen LogP contribution in [0.15, 0.2) is 33.6 Å². The van der Waals surface area contributed by atoms with Gasteiger partial charge in [-0.3, -0.25) is 0 Å². The van der Waals surface area contributed by atoms with E-state index in [1.54, 1.807) is 21.8 Å². The molecular weight excluding hydrogens is 174 g/mol. The molecule has 0 spiro atoms. The first-order chi connectivity index (χ1) is 5.47. The second-order valence-corrected chi connectivity index (χ2v) is 4.17. The molecule has 1 heterocycles. The van der Waals surface area contributed by atoms with Crippen molar-refractivity contribution in [3.8, 4) is 0 Å². The summed E-state index contributed by atoms with van der Waals surface area (Å²) in [6, 6.07) is 8.43. The fourth-order valence-corrected chi connectivity index (χ4v) is 2.67. The lowest BCUT2D eigenvalue weighted by atomic mass is 10.2. The lowest BCUT2D eigenvalue weighted by Crippen LogP contribution is -1.85. The number of hydrogen-bond donors (Lipinski definition) is 0. The van der Waals surface area contributed by atoms with Crippen LogP contribution in [0.4, 0.5) is 0 Å². The Morgan fingerprint density at radius 1 is 1.27 bits per heavy atom. The van der Waals surface area contributed by atoms with Gasteiger partial charge in [0.1, 0.15) is 0 Å². The quantitative estimate of drug-likeness (QED) is 0.450. The van der Waals surface area contributed by atoms with Crippen molar-refractivity contribution in [3.05, 3.63) is 29.8 Å². The average molecular weight is 181 g/mol. The molecular formula is C8H7NS2. The van der Waals surface area contributed by atoms with Crippen LogP contribution in [0.3, 0.4) is 0 Å². The van der Waals surface area contributed by atoms with Crippen molar-refractivity contribution in [2.45, 2.75) is 11.3 Å². The predicted octanol–water partition coefficient (Wildman–Crippen LogP) is 2.97. The van der Waals surface area contributed by atoms with E-state index in [-0.39, 0.29) is 0 Å². The smallest absolute Gasteiger partial charge is 0.0483 e. The summed E-state index contributed by atoms with van der Waals surface area (Å²) in [7, 11) is 3.27. The van der Waals surface area contributed by atoms with Crippen LogP contribution in [0, 0.1) is 0 Å². The van der Waals surface area contributed by atoms with Crippen LogP contribution in [0.1, 0.15) is 5.56 Å². The van der Waals surface area contributed by atoms with Gasteiger partial charge in [-0.25, -0.2) is 4.40 Å². The minimum absolute atomic E-state index is 0.968. The van der Waals surface area contributed by atoms with Crippen LogP contribution in [0.5, 0.6) is 0 Å². The van der Waals surface area contributed by atoms with E-state index < -0.39 is 0 Å². The summed E-state index contributed by atoms with van der Waals surface area (Å²) in [6.07, 6.45) is 2.93. The number of nitrogens with zero attached hydrogens (tertiary/aromatic N) is 1. The molecule has 11 heavy (non-hydrogen) atoms. The Morgan fingerprint density at radius 3 is 3.18 bits per heavy atom. The molecule has 0 aromatic heterocycles. The monoisotopic (exact) mass is 181 g/mol. The van der Waals surface area contributed by atoms with Crippen molar-refractivity contribution in [1.82, 2.24) is 0 Å². The molecule has 2 rings (SSSR count). The summed E-state index contributed by atoms with van der Waals surface area (Å²) in [6.45, 7) is 0. The Bertz CT molecular complexity index is 283. The third-order valence-electron chi connectivity index (χ3n) is 1.53. The fraction of sp³-hybridized carbons (Fsp3) is 0.125. The molecule has 0 N–H and O–H groups in total. The lowest BCUT2D eigenvalue weighted by Gasteiger charge is -1.99. The van der Waals surface area contributed by atoms with Crippen LogP contribution in [-0.4, -0.2) is 6.21 Å². The normalized spacial score (nSPS) is 15.6. The maximum atomic E-state index is 4.14. The Hall–Kier alpha value is -0.410. The van der Waals surface area contributed by atoms with E-state index in [1.165, 1.54) is 10.5 Å². The molecule has 3 heteroatoms. The van der Waals surface area contributed by atoms with Gasteiger partial charge in [0.25, 0.3) is 0 Å². The van der Waals surface area contributed by atoms with E-state index in [0.717, 1.165) is 6.42 Å². The Labute approximate surface area is 73.8 Å². The number of rotatable bonds is 0. The third-order valence-corrected chi connectivity index (χ3v) is 3.44. The van der Waals surface area contributed by atoms with Crippen molar-refractivity contribution >= 4 is 28.0 Å². The summed E-state index contributed by atoms with van der Waals surface area (Å²) in [4.78, 5) is 1.34. The Morgan fingerprint density at radius 2 is 2.18 bits per heavy atom. The minimum atomic E-state index is 0.968. The summed E-state index contributed by atoms with van der Waals surface area (Å²) in [5.74, 6) is 0. The first kappa shape index (κ1) is 7.25. The highest BCUT2D eigenvalue weighted by atomic mass is 33.1. The van der Waals surface area contributed by atoms with Gasteiger partial charge in [-0.15, -0.1) is 0 Å². The van der Waals surface area contributed by atoms with Gasteiger partial charge in [0.2, 0.25) is 0 Å². The predicted molar refractivity (Wildman–Crippen MR) is 52.1 cm³/mol. The maximum absolute atomic E-state index is 4.14. The van der Waals surface area contributed by atoms with E-state index in [4.69, 9.17) is 0 Å². The Kier molecular flexibility index (Phi) is 2.19. The summed E-state index contributed by atoms with van der Waals surface area (Å²) in [5, 5.41) is 0. The van der Waals surface area contributed by atoms with Crippen molar-refractivity contribution in [2.24, 2.45) is 4.40 Å². The van der Waals surface area contributed by atoms with Crippen LogP contribution in [0.2, 0.25) is 0 Å². The lowest BCUT2D eigenvalue weighted by molar-refractivity contribution is 1.25. The zero-order valence-electron chi connectivity index (χ0n) is 5.86. The van der Waals surface area contributed by atoms with E-state index in [1.807, 2.05) is 6.21 Å². The average Bonchev–Trinajstić information content (AvgIpc) is 2.28. The first-order valence-corrected chi connectivity index (χ1v) is 5.51. The van der Waals surface area contributed by atoms with E-state index in [2.05, 4.69) is 28.7 Å². The van der Waals surface area contributed by atoms with Crippen LogP contribution < -0.4 is 0 Å². The standard InChI is InChI=1S/C8H7NS2/c1-2-4-8-7(3-1)5-6-9-11-10-8/h1-4,6H,5H2. The van der Waals surface area contributed by atoms with E-state index in [9.17, 15) is 0 Å². The van der Waals surface area contributed by atoms with Gasteiger partial charge in [0.15, 0.2) is 0 Å². The van der Waals surface area contributed by atoms with E-state index in [0.29, 0.717) is 0 Å². The molecule has 0 fully saturated rings. The summed E-state index contributed by atoms with van der Waals surface area (Å²) in [5.41, 5.74) is 1.38. The maximum Gasteiger partial charge on any atom is 0.0483 e. The van der Waals surface area contributed by atoms with Gasteiger partial charge < -0.3 is 0 Å². The summed E-state index contributed by atoms with van der Waals surface area (Å²) >= 11 is 0. The van der Waals surface area contributed by atoms with Crippen molar-refractivity contribution in [1.29, 1.82) is 0 Å². The zero-order chi connectivity index (χ0) is 7.52. The zero-order valence-corrected chi connectivity index (χ0v) is 7.49. The molecule has 0 radical (unpaired) electrons. The van der Waals surface area contributed by atoms with Crippen LogP contribution >= 0.6 is 21.8 Å². The molecule has 1 aromatic rings. The van der Waals surface area contributed by atoms with Gasteiger partial charge in [-0.1, -0.05) is 18.2 Å². The molecule has 0 unspecified atom stereocenters. The van der Waals surface area contributed by atoms with E-state index >= 15 is 0 Å². The topological polar surface area (TPSA) is 12.4 Å². The highest BCUT2D eigenvalue weighted by Crippen LogP contribution is 2.35. The SMILES string of the molecule is C1=NSSc2ccccc2C1. The van der Waals surface area contributed by atoms with Crippen LogP contribution in [-0.2, 0) is 6.42 Å². The molecule has 1 aromatic carbocycles. The highest BCUT2D eigenvalue weighted by molar-refractivity contribution is 8.76. The first-order valence-electron chi connectivity index (χ1n) is 3.40. The summed E-state index contributed by atoms with van der Waals surface area (Å²) < 4.78 is 4.14. The Balaban J connectivity index is 2.40. The molecule has 1 nitrogen and oxygen atoms in total. The number of hydrogen-bond acceptors (Lipinski definition) is 3. The largest absolute Gasteiger partial charge is 0.217 e. The van der Waals surface area contributed by atoms with Gasteiger partial charge in [0, 0.05) is 28.5 Å². The van der Waals surface area contributed by atoms with Crippen molar-refractivity contribution in [3.63, 3.8) is 0 Å². The highest BCUT2D eigenvalue weighted by Gasteiger charge is 2.03. The molecule has 0 saturated heterocycles. The molecule has 0 aliphatic carbocycles. The van der Waals surface area contributed by atoms with Crippen molar-refractivity contribution in [2.75, 3.05) is 0 Å². The second-order valence-electron chi connectivity index (χ2n) is 2.26. The molecule has 56 valence electrons. The third kappa shape index (κ3) is 1.60. The minimum Gasteiger partial charge on any atom is -0.217 e. The van der Waals surface area contributed by atoms with Crippen LogP contribution in [0.25, 0.3) is 0 Å². The van der Waals surface area contributed by atoms with Gasteiger partial charge in [-0.05, 0) is 22.4 Å². The van der Waals surface area contributed by atoms with Gasteiger partial charge >= 0.3 is 0 Å². The fourth-order valence-electron chi connectivity index (χ4n) is 0.981. The number of benzene rings is 1. The molecule has 1 aliphatic heterocycles. The second kappa shape index (κ2) is 3.32. The molecule has 0 atom stereocenters. The number of fused-ring (bicyclic) bond motifs is 1.